The number of hydrogen-bond acceptors (Lipinski definition) is 0. The van der Waals surface area contributed by atoms with Gasteiger partial charge in [0.15, 0.2) is 0 Å². The Balaban J connectivity index is 2.96. The molecule has 0 aliphatic rings. The van der Waals surface area contributed by atoms with Crippen LogP contribution in [0.3, 0.4) is 0 Å². The van der Waals surface area contributed by atoms with Crippen molar-refractivity contribution in [3.63, 3.8) is 0 Å². The molecule has 0 unspecified atom stereocenters. The van der Waals surface area contributed by atoms with Crippen molar-refractivity contribution in [3.8, 4) is 0 Å². The van der Waals surface area contributed by atoms with E-state index >= 15 is 0 Å². The van der Waals surface area contributed by atoms with E-state index in [4.69, 9.17) is 11.6 Å². The Morgan fingerprint density at radius 2 is 2.18 bits per heavy atom. The molecule has 2 heteroatoms. The third-order valence-electron chi connectivity index (χ3n) is 1.55. The monoisotopic (exact) mass is 172 g/mol. The molecule has 0 saturated heterocycles. The van der Waals surface area contributed by atoms with Crippen LogP contribution in [-0.2, 0) is 6.42 Å². The highest BCUT2D eigenvalue weighted by atomic mass is 35.5. The maximum atomic E-state index is 12.8. The van der Waals surface area contributed by atoms with Gasteiger partial charge in [-0.05, 0) is 18.1 Å². The van der Waals surface area contributed by atoms with Crippen LogP contribution in [-0.4, -0.2) is 0 Å². The zero-order chi connectivity index (χ0) is 8.27. The Labute approximate surface area is 71.0 Å². The Hall–Kier alpha value is -0.560. The molecule has 1 aromatic rings. The zero-order valence-corrected chi connectivity index (χ0v) is 7.16. The molecule has 1 aromatic carbocycles. The standard InChI is InChI=1S/C9H10ClF/c1-2-4-7-5-3-6-8(11)9(7)10/h3,5-6H,2,4H2,1H3. The quantitative estimate of drug-likeness (QED) is 0.641. The summed E-state index contributed by atoms with van der Waals surface area (Å²) < 4.78 is 12.8. The summed E-state index contributed by atoms with van der Waals surface area (Å²) in [4.78, 5) is 0. The second-order valence-corrected chi connectivity index (χ2v) is 2.84. The summed E-state index contributed by atoms with van der Waals surface area (Å²) in [6, 6.07) is 4.92. The van der Waals surface area contributed by atoms with Crippen molar-refractivity contribution < 1.29 is 4.39 Å². The van der Waals surface area contributed by atoms with Gasteiger partial charge in [0.2, 0.25) is 0 Å². The lowest BCUT2D eigenvalue weighted by molar-refractivity contribution is 0.625. The van der Waals surface area contributed by atoms with E-state index in [9.17, 15) is 4.39 Å². The fraction of sp³-hybridized carbons (Fsp3) is 0.333. The second kappa shape index (κ2) is 3.72. The molecular formula is C9H10ClF. The van der Waals surface area contributed by atoms with Gasteiger partial charge in [-0.2, -0.15) is 0 Å². The average molecular weight is 173 g/mol. The smallest absolute Gasteiger partial charge is 0.142 e. The molecule has 0 radical (unpaired) electrons. The number of halogens is 2. The lowest BCUT2D eigenvalue weighted by Gasteiger charge is -2.01. The molecule has 0 aromatic heterocycles. The van der Waals surface area contributed by atoms with Crippen molar-refractivity contribution in [3.05, 3.63) is 34.6 Å². The van der Waals surface area contributed by atoms with Gasteiger partial charge in [-0.25, -0.2) is 4.39 Å². The first kappa shape index (κ1) is 8.54. The first-order valence-corrected chi connectivity index (χ1v) is 4.06. The topological polar surface area (TPSA) is 0 Å². The first-order chi connectivity index (χ1) is 5.25. The maximum Gasteiger partial charge on any atom is 0.142 e. The van der Waals surface area contributed by atoms with Crippen molar-refractivity contribution in [2.75, 3.05) is 0 Å². The van der Waals surface area contributed by atoms with E-state index in [-0.39, 0.29) is 10.8 Å². The van der Waals surface area contributed by atoms with E-state index < -0.39 is 0 Å². The molecule has 0 aliphatic carbocycles. The van der Waals surface area contributed by atoms with Crippen LogP contribution >= 0.6 is 11.6 Å². The minimum Gasteiger partial charge on any atom is -0.205 e. The van der Waals surface area contributed by atoms with Gasteiger partial charge in [-0.15, -0.1) is 0 Å². The van der Waals surface area contributed by atoms with Gasteiger partial charge < -0.3 is 0 Å². The van der Waals surface area contributed by atoms with Crippen molar-refractivity contribution in [2.45, 2.75) is 19.8 Å². The van der Waals surface area contributed by atoms with Crippen LogP contribution < -0.4 is 0 Å². The van der Waals surface area contributed by atoms with E-state index in [1.807, 2.05) is 13.0 Å². The minimum absolute atomic E-state index is 0.273. The Bertz CT molecular complexity index is 245. The molecule has 0 bridgehead atoms. The largest absolute Gasteiger partial charge is 0.205 e. The highest BCUT2D eigenvalue weighted by Gasteiger charge is 2.02. The number of hydrogen-bond donors (Lipinski definition) is 0. The molecule has 0 N–H and O–H groups in total. The maximum absolute atomic E-state index is 12.8. The van der Waals surface area contributed by atoms with Crippen LogP contribution in [0.1, 0.15) is 18.9 Å². The summed E-state index contributed by atoms with van der Waals surface area (Å²) >= 11 is 5.70. The van der Waals surface area contributed by atoms with Gasteiger partial charge in [0.05, 0.1) is 5.02 Å². The van der Waals surface area contributed by atoms with Gasteiger partial charge in [0.25, 0.3) is 0 Å². The van der Waals surface area contributed by atoms with E-state index in [2.05, 4.69) is 0 Å². The summed E-state index contributed by atoms with van der Waals surface area (Å²) in [7, 11) is 0. The molecule has 0 spiro atoms. The third-order valence-corrected chi connectivity index (χ3v) is 1.97. The number of aryl methyl sites for hydroxylation is 1. The molecule has 11 heavy (non-hydrogen) atoms. The summed E-state index contributed by atoms with van der Waals surface area (Å²) in [5.74, 6) is -0.322. The molecule has 0 fully saturated rings. The molecule has 0 amide bonds. The lowest BCUT2D eigenvalue weighted by Crippen LogP contribution is -1.87. The SMILES string of the molecule is CCCc1cccc(F)c1Cl. The van der Waals surface area contributed by atoms with Crippen molar-refractivity contribution in [1.82, 2.24) is 0 Å². The predicted octanol–water partition coefficient (Wildman–Crippen LogP) is 3.43. The molecule has 0 heterocycles. The third kappa shape index (κ3) is 1.93. The van der Waals surface area contributed by atoms with Crippen molar-refractivity contribution >= 4 is 11.6 Å². The summed E-state index contributed by atoms with van der Waals surface area (Å²) in [5.41, 5.74) is 0.897. The Morgan fingerprint density at radius 3 is 2.82 bits per heavy atom. The Kier molecular flexibility index (Phi) is 2.89. The molecule has 0 aliphatic heterocycles. The second-order valence-electron chi connectivity index (χ2n) is 2.46. The predicted molar refractivity (Wildman–Crippen MR) is 45.4 cm³/mol. The summed E-state index contributed by atoms with van der Waals surface area (Å²) in [5, 5.41) is 0.273. The van der Waals surface area contributed by atoms with Gasteiger partial charge in [-0.3, -0.25) is 0 Å². The normalized spacial score (nSPS) is 10.1. The summed E-state index contributed by atoms with van der Waals surface area (Å²) in [6.45, 7) is 2.04. The molecule has 0 atom stereocenters. The highest BCUT2D eigenvalue weighted by molar-refractivity contribution is 6.31. The molecule has 0 nitrogen and oxygen atoms in total. The van der Waals surface area contributed by atoms with Gasteiger partial charge >= 0.3 is 0 Å². The van der Waals surface area contributed by atoms with Crippen molar-refractivity contribution in [1.29, 1.82) is 0 Å². The van der Waals surface area contributed by atoms with Crippen LogP contribution in [0.4, 0.5) is 4.39 Å². The van der Waals surface area contributed by atoms with E-state index in [1.54, 1.807) is 6.07 Å². The fourth-order valence-electron chi connectivity index (χ4n) is 1.01. The fourth-order valence-corrected chi connectivity index (χ4v) is 1.23. The first-order valence-electron chi connectivity index (χ1n) is 3.68. The number of rotatable bonds is 2. The zero-order valence-electron chi connectivity index (χ0n) is 6.40. The molecule has 0 saturated carbocycles. The Morgan fingerprint density at radius 1 is 1.45 bits per heavy atom. The van der Waals surface area contributed by atoms with Crippen LogP contribution in [0.2, 0.25) is 5.02 Å². The van der Waals surface area contributed by atoms with Crippen LogP contribution in [0.5, 0.6) is 0 Å². The van der Waals surface area contributed by atoms with Gasteiger partial charge in [0.1, 0.15) is 5.82 Å². The van der Waals surface area contributed by atoms with Crippen LogP contribution in [0.25, 0.3) is 0 Å². The van der Waals surface area contributed by atoms with E-state index in [0.717, 1.165) is 18.4 Å². The molecule has 1 rings (SSSR count). The van der Waals surface area contributed by atoms with E-state index in [1.165, 1.54) is 6.07 Å². The molecular weight excluding hydrogens is 163 g/mol. The molecule has 60 valence electrons. The minimum atomic E-state index is -0.322. The van der Waals surface area contributed by atoms with Crippen molar-refractivity contribution in [2.24, 2.45) is 0 Å². The average Bonchev–Trinajstić information content (AvgIpc) is 1.99. The van der Waals surface area contributed by atoms with Crippen LogP contribution in [0, 0.1) is 5.82 Å². The van der Waals surface area contributed by atoms with Gasteiger partial charge in [0, 0.05) is 0 Å². The van der Waals surface area contributed by atoms with E-state index in [0.29, 0.717) is 0 Å². The lowest BCUT2D eigenvalue weighted by atomic mass is 10.1. The van der Waals surface area contributed by atoms with Gasteiger partial charge in [-0.1, -0.05) is 37.1 Å². The number of benzene rings is 1. The van der Waals surface area contributed by atoms with Crippen LogP contribution in [0.15, 0.2) is 18.2 Å². The highest BCUT2D eigenvalue weighted by Crippen LogP contribution is 2.20. The summed E-state index contributed by atoms with van der Waals surface area (Å²) in [6.07, 6.45) is 1.83.